The minimum atomic E-state index is -0.593. The van der Waals surface area contributed by atoms with E-state index in [1.54, 1.807) is 0 Å². The summed E-state index contributed by atoms with van der Waals surface area (Å²) in [5.41, 5.74) is 6.88. The van der Waals surface area contributed by atoms with Crippen LogP contribution in [0.5, 0.6) is 0 Å². The summed E-state index contributed by atoms with van der Waals surface area (Å²) >= 11 is 0. The maximum absolute atomic E-state index is 11.8. The minimum absolute atomic E-state index is 0. The summed E-state index contributed by atoms with van der Waals surface area (Å²) in [6.45, 7) is 4.27. The summed E-state index contributed by atoms with van der Waals surface area (Å²) < 4.78 is 0. The molecule has 0 radical (unpaired) electrons. The molecule has 1 rings (SSSR count). The Balaban J connectivity index is 0.00000441. The average molecular weight is 328 g/mol. The molecule has 0 bridgehead atoms. The second-order valence-electron chi connectivity index (χ2n) is 5.21. The maximum atomic E-state index is 11.8. The van der Waals surface area contributed by atoms with Crippen LogP contribution in [0.4, 0.5) is 0 Å². The number of amides is 2. The quantitative estimate of drug-likeness (QED) is 0.674. The van der Waals surface area contributed by atoms with Gasteiger partial charge in [0.1, 0.15) is 0 Å². The molecule has 0 spiro atoms. The van der Waals surface area contributed by atoms with E-state index < -0.39 is 6.04 Å². The molecule has 1 aromatic carbocycles. The Bertz CT molecular complexity index is 454. The predicted molar refractivity (Wildman–Crippen MR) is 90.9 cm³/mol. The SMILES string of the molecule is CCC(C)NC(=O)CCNC(=O)[C@@H](N)Cc1ccccc1.Cl. The molecule has 0 aliphatic heterocycles. The number of benzene rings is 1. The number of nitrogens with two attached hydrogens (primary N) is 1. The number of hydrogen-bond donors (Lipinski definition) is 3. The van der Waals surface area contributed by atoms with Gasteiger partial charge in [-0.3, -0.25) is 9.59 Å². The number of halogens is 1. The lowest BCUT2D eigenvalue weighted by atomic mass is 10.1. The number of rotatable bonds is 8. The zero-order valence-electron chi connectivity index (χ0n) is 13.2. The lowest BCUT2D eigenvalue weighted by Gasteiger charge is -2.14. The van der Waals surface area contributed by atoms with Crippen molar-refractivity contribution < 1.29 is 9.59 Å². The molecule has 0 saturated carbocycles. The first kappa shape index (κ1) is 20.4. The average Bonchev–Trinajstić information content (AvgIpc) is 2.47. The van der Waals surface area contributed by atoms with Gasteiger partial charge in [0.15, 0.2) is 0 Å². The summed E-state index contributed by atoms with van der Waals surface area (Å²) in [6.07, 6.45) is 1.65. The van der Waals surface area contributed by atoms with Gasteiger partial charge in [-0.25, -0.2) is 0 Å². The fraction of sp³-hybridized carbons (Fsp3) is 0.500. The second-order valence-corrected chi connectivity index (χ2v) is 5.21. The lowest BCUT2D eigenvalue weighted by Crippen LogP contribution is -2.43. The van der Waals surface area contributed by atoms with E-state index in [2.05, 4.69) is 10.6 Å². The van der Waals surface area contributed by atoms with Crippen LogP contribution in [-0.4, -0.2) is 30.4 Å². The van der Waals surface area contributed by atoms with Crippen LogP contribution in [0.2, 0.25) is 0 Å². The highest BCUT2D eigenvalue weighted by Gasteiger charge is 2.14. The van der Waals surface area contributed by atoms with E-state index in [4.69, 9.17) is 5.73 Å². The molecule has 0 aliphatic carbocycles. The van der Waals surface area contributed by atoms with Gasteiger partial charge >= 0.3 is 0 Å². The zero-order chi connectivity index (χ0) is 15.7. The number of carbonyl (C=O) groups is 2. The number of nitrogens with one attached hydrogen (secondary N) is 2. The molecule has 22 heavy (non-hydrogen) atoms. The van der Waals surface area contributed by atoms with E-state index in [9.17, 15) is 9.59 Å². The molecule has 0 fully saturated rings. The molecule has 0 saturated heterocycles. The Labute approximate surface area is 138 Å². The Kier molecular flexibility index (Phi) is 10.2. The molecular weight excluding hydrogens is 302 g/mol. The summed E-state index contributed by atoms with van der Waals surface area (Å²) in [4.78, 5) is 23.4. The summed E-state index contributed by atoms with van der Waals surface area (Å²) in [7, 11) is 0. The number of hydrogen-bond acceptors (Lipinski definition) is 3. The van der Waals surface area contributed by atoms with E-state index in [0.29, 0.717) is 13.0 Å². The molecule has 2 atom stereocenters. The third-order valence-electron chi connectivity index (χ3n) is 3.31. The molecular formula is C16H26ClN3O2. The lowest BCUT2D eigenvalue weighted by molar-refractivity contribution is -0.123. The second kappa shape index (κ2) is 11.0. The molecule has 0 aromatic heterocycles. The van der Waals surface area contributed by atoms with Gasteiger partial charge < -0.3 is 16.4 Å². The maximum Gasteiger partial charge on any atom is 0.237 e. The Morgan fingerprint density at radius 3 is 2.45 bits per heavy atom. The highest BCUT2D eigenvalue weighted by Crippen LogP contribution is 2.01. The van der Waals surface area contributed by atoms with Crippen LogP contribution in [0.15, 0.2) is 30.3 Å². The van der Waals surface area contributed by atoms with Gasteiger partial charge in [-0.2, -0.15) is 0 Å². The molecule has 2 amide bonds. The first-order valence-corrected chi connectivity index (χ1v) is 7.39. The normalized spacial score (nSPS) is 12.7. The van der Waals surface area contributed by atoms with Crippen molar-refractivity contribution in [3.63, 3.8) is 0 Å². The van der Waals surface area contributed by atoms with Gasteiger partial charge in [-0.1, -0.05) is 37.3 Å². The minimum Gasteiger partial charge on any atom is -0.354 e. The van der Waals surface area contributed by atoms with Gasteiger partial charge in [0.25, 0.3) is 0 Å². The molecule has 5 nitrogen and oxygen atoms in total. The summed E-state index contributed by atoms with van der Waals surface area (Å²) in [6, 6.07) is 9.20. The van der Waals surface area contributed by atoms with Crippen molar-refractivity contribution in [2.24, 2.45) is 5.73 Å². The van der Waals surface area contributed by atoms with Crippen molar-refractivity contribution in [2.45, 2.75) is 45.2 Å². The van der Waals surface area contributed by atoms with Gasteiger partial charge in [-0.05, 0) is 25.3 Å². The van der Waals surface area contributed by atoms with Crippen molar-refractivity contribution in [1.82, 2.24) is 10.6 Å². The van der Waals surface area contributed by atoms with E-state index in [0.717, 1.165) is 12.0 Å². The topological polar surface area (TPSA) is 84.2 Å². The zero-order valence-corrected chi connectivity index (χ0v) is 14.0. The Morgan fingerprint density at radius 1 is 1.23 bits per heavy atom. The fourth-order valence-corrected chi connectivity index (χ4v) is 1.84. The first-order chi connectivity index (χ1) is 10.0. The van der Waals surface area contributed by atoms with Crippen molar-refractivity contribution in [2.75, 3.05) is 6.54 Å². The standard InChI is InChI=1S/C16H25N3O2.ClH/c1-3-12(2)19-15(20)9-10-18-16(21)14(17)11-13-7-5-4-6-8-13;/h4-8,12,14H,3,9-11,17H2,1-2H3,(H,18,21)(H,19,20);1H/t12?,14-;/m0./s1. The molecule has 0 aliphatic rings. The molecule has 4 N–H and O–H groups in total. The molecule has 1 aromatic rings. The van der Waals surface area contributed by atoms with Crippen molar-refractivity contribution >= 4 is 24.2 Å². The third kappa shape index (κ3) is 8.00. The van der Waals surface area contributed by atoms with Gasteiger partial charge in [0.2, 0.25) is 11.8 Å². The van der Waals surface area contributed by atoms with Crippen LogP contribution >= 0.6 is 12.4 Å². The van der Waals surface area contributed by atoms with Crippen LogP contribution in [0.1, 0.15) is 32.3 Å². The predicted octanol–water partition coefficient (Wildman–Crippen LogP) is 1.40. The molecule has 0 heterocycles. The van der Waals surface area contributed by atoms with E-state index >= 15 is 0 Å². The van der Waals surface area contributed by atoms with E-state index in [-0.39, 0.29) is 36.7 Å². The molecule has 6 heteroatoms. The summed E-state index contributed by atoms with van der Waals surface area (Å²) in [5.74, 6) is -0.281. The largest absolute Gasteiger partial charge is 0.354 e. The number of carbonyl (C=O) groups excluding carboxylic acids is 2. The summed E-state index contributed by atoms with van der Waals surface area (Å²) in [5, 5.41) is 5.55. The van der Waals surface area contributed by atoms with Crippen LogP contribution in [0.3, 0.4) is 0 Å². The van der Waals surface area contributed by atoms with Crippen molar-refractivity contribution in [1.29, 1.82) is 0 Å². The highest BCUT2D eigenvalue weighted by molar-refractivity contribution is 5.85. The van der Waals surface area contributed by atoms with E-state index in [1.807, 2.05) is 44.2 Å². The van der Waals surface area contributed by atoms with Gasteiger partial charge in [0.05, 0.1) is 6.04 Å². The van der Waals surface area contributed by atoms with E-state index in [1.165, 1.54) is 0 Å². The Hall–Kier alpha value is -1.59. The van der Waals surface area contributed by atoms with Crippen LogP contribution in [0, 0.1) is 0 Å². The van der Waals surface area contributed by atoms with Crippen LogP contribution < -0.4 is 16.4 Å². The van der Waals surface area contributed by atoms with Crippen molar-refractivity contribution in [3.8, 4) is 0 Å². The third-order valence-corrected chi connectivity index (χ3v) is 3.31. The Morgan fingerprint density at radius 2 is 1.86 bits per heavy atom. The smallest absolute Gasteiger partial charge is 0.237 e. The first-order valence-electron chi connectivity index (χ1n) is 7.39. The van der Waals surface area contributed by atoms with Gasteiger partial charge in [0, 0.05) is 19.0 Å². The molecule has 124 valence electrons. The van der Waals surface area contributed by atoms with Crippen LogP contribution in [-0.2, 0) is 16.0 Å². The monoisotopic (exact) mass is 327 g/mol. The fourth-order valence-electron chi connectivity index (χ4n) is 1.84. The van der Waals surface area contributed by atoms with Crippen molar-refractivity contribution in [3.05, 3.63) is 35.9 Å². The van der Waals surface area contributed by atoms with Crippen LogP contribution in [0.25, 0.3) is 0 Å². The highest BCUT2D eigenvalue weighted by atomic mass is 35.5. The molecule has 1 unspecified atom stereocenters. The van der Waals surface area contributed by atoms with Gasteiger partial charge in [-0.15, -0.1) is 12.4 Å².